The Morgan fingerprint density at radius 1 is 1.33 bits per heavy atom. The van der Waals surface area contributed by atoms with Gasteiger partial charge in [0.05, 0.1) is 12.8 Å². The van der Waals surface area contributed by atoms with Crippen molar-refractivity contribution in [3.8, 4) is 17.0 Å². The fourth-order valence-corrected chi connectivity index (χ4v) is 3.31. The number of benzene rings is 1. The first-order chi connectivity index (χ1) is 13.1. The molecule has 3 heterocycles. The number of H-pyrrole nitrogens is 1. The van der Waals surface area contributed by atoms with Gasteiger partial charge in [-0.2, -0.15) is 5.10 Å². The highest BCUT2D eigenvalue weighted by Gasteiger charge is 2.32. The third-order valence-corrected chi connectivity index (χ3v) is 4.58. The Labute approximate surface area is 154 Å². The molecule has 4 rings (SSSR count). The fraction of sp³-hybridized carbons (Fsp3) is 0.158. The van der Waals surface area contributed by atoms with Gasteiger partial charge in [-0.3, -0.25) is 14.9 Å². The zero-order valence-corrected chi connectivity index (χ0v) is 14.4. The van der Waals surface area contributed by atoms with Crippen LogP contribution in [-0.2, 0) is 9.53 Å². The number of aromatic hydroxyl groups is 1. The van der Waals surface area contributed by atoms with Crippen LogP contribution in [0.3, 0.4) is 0 Å². The highest BCUT2D eigenvalue weighted by molar-refractivity contribution is 5.96. The molecule has 0 saturated carbocycles. The number of carbonyl (C=O) groups excluding carboxylic acids is 2. The highest BCUT2D eigenvalue weighted by Crippen LogP contribution is 2.42. The minimum Gasteiger partial charge on any atom is -0.507 e. The summed E-state index contributed by atoms with van der Waals surface area (Å²) in [5, 5.41) is 19.9. The molecule has 0 radical (unpaired) electrons. The smallest absolute Gasteiger partial charge is 0.341 e. The molecule has 0 bridgehead atoms. The predicted molar refractivity (Wildman–Crippen MR) is 96.4 cm³/mol. The Morgan fingerprint density at radius 2 is 2.19 bits per heavy atom. The number of phenolic OH excluding ortho intramolecular Hbond substituents is 1. The Morgan fingerprint density at radius 3 is 2.93 bits per heavy atom. The lowest BCUT2D eigenvalue weighted by Crippen LogP contribution is -2.23. The van der Waals surface area contributed by atoms with Gasteiger partial charge in [0.25, 0.3) is 0 Å². The van der Waals surface area contributed by atoms with E-state index in [9.17, 15) is 14.7 Å². The van der Waals surface area contributed by atoms with E-state index < -0.39 is 5.97 Å². The molecule has 8 heteroatoms. The van der Waals surface area contributed by atoms with E-state index in [0.29, 0.717) is 11.4 Å². The van der Waals surface area contributed by atoms with Gasteiger partial charge in [-0.1, -0.05) is 6.07 Å². The van der Waals surface area contributed by atoms with Gasteiger partial charge in [0.15, 0.2) is 5.82 Å². The number of aromatic nitrogens is 3. The molecule has 0 unspecified atom stereocenters. The molecule has 1 aliphatic heterocycles. The number of aromatic amines is 1. The molecule has 0 aliphatic carbocycles. The number of amides is 1. The molecule has 3 N–H and O–H groups in total. The van der Waals surface area contributed by atoms with Crippen molar-refractivity contribution in [2.24, 2.45) is 0 Å². The van der Waals surface area contributed by atoms with Crippen molar-refractivity contribution in [3.63, 3.8) is 0 Å². The summed E-state index contributed by atoms with van der Waals surface area (Å²) in [4.78, 5) is 28.2. The van der Waals surface area contributed by atoms with Gasteiger partial charge < -0.3 is 15.2 Å². The quantitative estimate of drug-likeness (QED) is 0.615. The van der Waals surface area contributed by atoms with Crippen LogP contribution in [0.4, 0.5) is 5.82 Å². The maximum Gasteiger partial charge on any atom is 0.341 e. The summed E-state index contributed by atoms with van der Waals surface area (Å²) in [7, 11) is 1.25. The first kappa shape index (κ1) is 16.8. The first-order valence-corrected chi connectivity index (χ1v) is 8.28. The van der Waals surface area contributed by atoms with Crippen LogP contribution in [0.15, 0.2) is 42.7 Å². The van der Waals surface area contributed by atoms with Crippen LogP contribution in [-0.4, -0.2) is 39.3 Å². The third kappa shape index (κ3) is 2.91. The Hall–Kier alpha value is -3.68. The second kappa shape index (κ2) is 6.56. The zero-order chi connectivity index (χ0) is 19.0. The standard InChI is InChI=1S/C19H16N4O4/c1-27-19(26)13-7-10(4-5-14(13)24)12-8-15(25)21-18-16(12)17(22-23-18)11-3-2-6-20-9-11/h2-7,9,12,24H,8H2,1H3,(H2,21,22,23,25)/t12-/m0/s1. The van der Waals surface area contributed by atoms with Crippen molar-refractivity contribution >= 4 is 17.7 Å². The van der Waals surface area contributed by atoms with Gasteiger partial charge in [0.2, 0.25) is 5.91 Å². The average molecular weight is 364 g/mol. The number of hydrogen-bond acceptors (Lipinski definition) is 6. The summed E-state index contributed by atoms with van der Waals surface area (Å²) in [5.74, 6) is -0.890. The summed E-state index contributed by atoms with van der Waals surface area (Å²) >= 11 is 0. The number of methoxy groups -OCH3 is 1. The minimum atomic E-state index is -0.644. The largest absolute Gasteiger partial charge is 0.507 e. The highest BCUT2D eigenvalue weighted by atomic mass is 16.5. The molecule has 8 nitrogen and oxygen atoms in total. The van der Waals surface area contributed by atoms with Crippen molar-refractivity contribution in [1.82, 2.24) is 15.2 Å². The second-order valence-electron chi connectivity index (χ2n) is 6.18. The number of esters is 1. The van der Waals surface area contributed by atoms with Crippen LogP contribution in [0.5, 0.6) is 5.75 Å². The van der Waals surface area contributed by atoms with Crippen LogP contribution in [0.1, 0.15) is 33.8 Å². The Balaban J connectivity index is 1.86. The van der Waals surface area contributed by atoms with Gasteiger partial charge in [0, 0.05) is 35.9 Å². The molecule has 0 saturated heterocycles. The lowest BCUT2D eigenvalue weighted by molar-refractivity contribution is -0.116. The normalized spacial score (nSPS) is 15.7. The van der Waals surface area contributed by atoms with Crippen molar-refractivity contribution in [2.75, 3.05) is 12.4 Å². The van der Waals surface area contributed by atoms with Gasteiger partial charge >= 0.3 is 5.97 Å². The third-order valence-electron chi connectivity index (χ3n) is 4.58. The van der Waals surface area contributed by atoms with E-state index in [-0.39, 0.29) is 29.6 Å². The molecule has 1 aliphatic rings. The summed E-state index contributed by atoms with van der Waals surface area (Å²) in [6, 6.07) is 8.38. The van der Waals surface area contributed by atoms with E-state index >= 15 is 0 Å². The average Bonchev–Trinajstić information content (AvgIpc) is 3.11. The molecule has 2 aromatic heterocycles. The van der Waals surface area contributed by atoms with Crippen molar-refractivity contribution < 1.29 is 19.4 Å². The van der Waals surface area contributed by atoms with Crippen molar-refractivity contribution in [3.05, 3.63) is 59.4 Å². The van der Waals surface area contributed by atoms with Crippen LogP contribution >= 0.6 is 0 Å². The lowest BCUT2D eigenvalue weighted by atomic mass is 9.84. The molecule has 1 amide bonds. The van der Waals surface area contributed by atoms with Gasteiger partial charge in [-0.05, 0) is 29.8 Å². The molecule has 0 spiro atoms. The monoisotopic (exact) mass is 364 g/mol. The van der Waals surface area contributed by atoms with Crippen LogP contribution < -0.4 is 5.32 Å². The number of anilines is 1. The molecule has 1 atom stereocenters. The molecule has 3 aromatic rings. The molecule has 1 aromatic carbocycles. The van der Waals surface area contributed by atoms with Crippen LogP contribution in [0.25, 0.3) is 11.3 Å². The zero-order valence-electron chi connectivity index (χ0n) is 14.4. The van der Waals surface area contributed by atoms with E-state index in [1.807, 2.05) is 12.1 Å². The Bertz CT molecular complexity index is 1030. The van der Waals surface area contributed by atoms with E-state index in [1.165, 1.54) is 13.2 Å². The predicted octanol–water partition coefficient (Wildman–Crippen LogP) is 2.44. The van der Waals surface area contributed by atoms with Gasteiger partial charge in [-0.15, -0.1) is 0 Å². The number of fused-ring (bicyclic) bond motifs is 1. The number of carbonyl (C=O) groups is 2. The first-order valence-electron chi connectivity index (χ1n) is 8.28. The van der Waals surface area contributed by atoms with E-state index in [1.54, 1.807) is 24.5 Å². The number of rotatable bonds is 3. The summed E-state index contributed by atoms with van der Waals surface area (Å²) in [6.45, 7) is 0. The van der Waals surface area contributed by atoms with E-state index in [0.717, 1.165) is 16.8 Å². The fourth-order valence-electron chi connectivity index (χ4n) is 3.31. The molecule has 27 heavy (non-hydrogen) atoms. The van der Waals surface area contributed by atoms with E-state index in [4.69, 9.17) is 4.74 Å². The number of ether oxygens (including phenoxy) is 1. The summed E-state index contributed by atoms with van der Waals surface area (Å²) in [6.07, 6.45) is 3.57. The van der Waals surface area contributed by atoms with Crippen LogP contribution in [0.2, 0.25) is 0 Å². The molecule has 0 fully saturated rings. The molecule has 136 valence electrons. The van der Waals surface area contributed by atoms with Crippen LogP contribution in [0, 0.1) is 0 Å². The second-order valence-corrected chi connectivity index (χ2v) is 6.18. The van der Waals surface area contributed by atoms with Crippen molar-refractivity contribution in [2.45, 2.75) is 12.3 Å². The molecular formula is C19H16N4O4. The minimum absolute atomic E-state index is 0.0500. The topological polar surface area (TPSA) is 117 Å². The Kier molecular flexibility index (Phi) is 4.08. The SMILES string of the molecule is COC(=O)c1cc([C@@H]2CC(=O)Nc3n[nH]c(-c4cccnc4)c32)ccc1O. The summed E-state index contributed by atoms with van der Waals surface area (Å²) < 4.78 is 4.72. The maximum absolute atomic E-state index is 12.2. The number of nitrogens with zero attached hydrogens (tertiary/aromatic N) is 2. The number of hydrogen-bond donors (Lipinski definition) is 3. The van der Waals surface area contributed by atoms with Gasteiger partial charge in [0.1, 0.15) is 11.3 Å². The van der Waals surface area contributed by atoms with Crippen molar-refractivity contribution in [1.29, 1.82) is 0 Å². The lowest BCUT2D eigenvalue weighted by Gasteiger charge is -2.24. The number of phenols is 1. The number of nitrogens with one attached hydrogen (secondary N) is 2. The number of pyridine rings is 1. The van der Waals surface area contributed by atoms with Gasteiger partial charge in [-0.25, -0.2) is 4.79 Å². The maximum atomic E-state index is 12.2. The summed E-state index contributed by atoms with van der Waals surface area (Å²) in [5.41, 5.74) is 3.14. The van der Waals surface area contributed by atoms with E-state index in [2.05, 4.69) is 20.5 Å². The molecular weight excluding hydrogens is 348 g/mol.